The molecule has 1 amide bonds. The maximum absolute atomic E-state index is 11.3. The molecule has 0 saturated carbocycles. The van der Waals surface area contributed by atoms with E-state index < -0.39 is 27.1 Å². The van der Waals surface area contributed by atoms with Gasteiger partial charge in [-0.3, -0.25) is 0 Å². The molecule has 1 heterocycles. The minimum absolute atomic E-state index is 0.00986. The van der Waals surface area contributed by atoms with Gasteiger partial charge in [0.2, 0.25) is 0 Å². The zero-order valence-electron chi connectivity index (χ0n) is 11.0. The summed E-state index contributed by atoms with van der Waals surface area (Å²) in [7, 11) is -3.13. The first kappa shape index (κ1) is 15.2. The van der Waals surface area contributed by atoms with E-state index in [-0.39, 0.29) is 30.9 Å². The van der Waals surface area contributed by atoms with Crippen LogP contribution in [0.1, 0.15) is 33.6 Å². The molecule has 1 atom stereocenters. The van der Waals surface area contributed by atoms with Gasteiger partial charge in [-0.15, -0.1) is 0 Å². The predicted octanol–water partition coefficient (Wildman–Crippen LogP) is 0.451. The van der Waals surface area contributed by atoms with Crippen molar-refractivity contribution in [3.05, 3.63) is 0 Å². The molecule has 0 radical (unpaired) electrons. The first-order valence-electron chi connectivity index (χ1n) is 5.91. The molecule has 6 nitrogen and oxygen atoms in total. The predicted molar refractivity (Wildman–Crippen MR) is 67.1 cm³/mol. The number of alkyl carbamates (subject to hydrolysis) is 1. The lowest BCUT2D eigenvalue weighted by atomic mass is 10.00. The fraction of sp³-hybridized carbons (Fsp3) is 0.909. The summed E-state index contributed by atoms with van der Waals surface area (Å²) in [5, 5.41) is 12.5. The van der Waals surface area contributed by atoms with Crippen molar-refractivity contribution in [3.8, 4) is 0 Å². The van der Waals surface area contributed by atoms with Crippen LogP contribution in [-0.2, 0) is 14.6 Å². The van der Waals surface area contributed by atoms with Gasteiger partial charge in [0, 0.05) is 6.54 Å². The van der Waals surface area contributed by atoms with Gasteiger partial charge in [-0.1, -0.05) is 0 Å². The van der Waals surface area contributed by atoms with Crippen LogP contribution in [0, 0.1) is 0 Å². The van der Waals surface area contributed by atoms with Gasteiger partial charge in [-0.2, -0.15) is 0 Å². The maximum atomic E-state index is 11.3. The Morgan fingerprint density at radius 1 is 1.44 bits per heavy atom. The number of sulfone groups is 1. The number of carbonyl (C=O) groups excluding carboxylic acids is 1. The van der Waals surface area contributed by atoms with Crippen LogP contribution in [0.4, 0.5) is 4.79 Å². The minimum atomic E-state index is -3.13. The van der Waals surface area contributed by atoms with Gasteiger partial charge in [0.25, 0.3) is 0 Å². The Balaban J connectivity index is 2.33. The Labute approximate surface area is 108 Å². The van der Waals surface area contributed by atoms with E-state index in [4.69, 9.17) is 4.74 Å². The molecule has 1 rings (SSSR count). The standard InChI is InChI=1S/C11H21NO5S/c1-10(2,3)17-9(13)12-6-4-11(14)5-7-18(15,16)8-11/h14H,4-8H2,1-3H3,(H,12,13). The Bertz CT molecular complexity index is 412. The van der Waals surface area contributed by atoms with Crippen molar-refractivity contribution >= 4 is 15.9 Å². The molecule has 7 heteroatoms. The fourth-order valence-electron chi connectivity index (χ4n) is 1.81. The summed E-state index contributed by atoms with van der Waals surface area (Å²) < 4.78 is 27.5. The third-order valence-corrected chi connectivity index (χ3v) is 4.43. The van der Waals surface area contributed by atoms with E-state index in [1.54, 1.807) is 20.8 Å². The highest BCUT2D eigenvalue weighted by Gasteiger charge is 2.40. The average Bonchev–Trinajstić information content (AvgIpc) is 2.37. The summed E-state index contributed by atoms with van der Waals surface area (Å²) in [6.45, 7) is 5.46. The zero-order chi connectivity index (χ0) is 14.0. The number of hydrogen-bond acceptors (Lipinski definition) is 5. The summed E-state index contributed by atoms with van der Waals surface area (Å²) in [5.74, 6) is -0.216. The smallest absolute Gasteiger partial charge is 0.407 e. The Kier molecular flexibility index (Phi) is 4.27. The highest BCUT2D eigenvalue weighted by atomic mass is 32.2. The molecule has 18 heavy (non-hydrogen) atoms. The lowest BCUT2D eigenvalue weighted by molar-refractivity contribution is 0.0443. The van der Waals surface area contributed by atoms with Gasteiger partial charge < -0.3 is 15.2 Å². The number of hydrogen-bond donors (Lipinski definition) is 2. The number of nitrogens with one attached hydrogen (secondary N) is 1. The van der Waals surface area contributed by atoms with Gasteiger partial charge in [0.1, 0.15) is 5.60 Å². The van der Waals surface area contributed by atoms with Gasteiger partial charge >= 0.3 is 6.09 Å². The second-order valence-corrected chi connectivity index (χ2v) is 7.93. The van der Waals surface area contributed by atoms with E-state index in [1.165, 1.54) is 0 Å². The number of carbonyl (C=O) groups is 1. The SMILES string of the molecule is CC(C)(C)OC(=O)NCCC1(O)CCS(=O)(=O)C1. The van der Waals surface area contributed by atoms with Crippen LogP contribution in [-0.4, -0.2) is 48.9 Å². The van der Waals surface area contributed by atoms with Gasteiger partial charge in [-0.05, 0) is 33.6 Å². The molecule has 0 aromatic carbocycles. The monoisotopic (exact) mass is 279 g/mol. The second kappa shape index (κ2) is 5.05. The van der Waals surface area contributed by atoms with Gasteiger partial charge in [0.05, 0.1) is 17.1 Å². The van der Waals surface area contributed by atoms with Crippen molar-refractivity contribution in [2.45, 2.75) is 44.8 Å². The summed E-state index contributed by atoms with van der Waals surface area (Å²) in [6, 6.07) is 0. The number of aliphatic hydroxyl groups is 1. The topological polar surface area (TPSA) is 92.7 Å². The molecule has 1 unspecified atom stereocenters. The van der Waals surface area contributed by atoms with Crippen molar-refractivity contribution in [2.24, 2.45) is 0 Å². The molecular formula is C11H21NO5S. The summed E-state index contributed by atoms with van der Waals surface area (Å²) in [4.78, 5) is 11.3. The van der Waals surface area contributed by atoms with Crippen LogP contribution in [0.25, 0.3) is 0 Å². The van der Waals surface area contributed by atoms with Crippen LogP contribution < -0.4 is 5.32 Å². The minimum Gasteiger partial charge on any atom is -0.444 e. The largest absolute Gasteiger partial charge is 0.444 e. The third-order valence-electron chi connectivity index (χ3n) is 2.63. The number of ether oxygens (including phenoxy) is 1. The van der Waals surface area contributed by atoms with Crippen LogP contribution >= 0.6 is 0 Å². The van der Waals surface area contributed by atoms with Crippen LogP contribution in [0.2, 0.25) is 0 Å². The molecule has 2 N–H and O–H groups in total. The summed E-state index contributed by atoms with van der Waals surface area (Å²) >= 11 is 0. The highest BCUT2D eigenvalue weighted by molar-refractivity contribution is 7.91. The van der Waals surface area contributed by atoms with Crippen LogP contribution in [0.3, 0.4) is 0 Å². The van der Waals surface area contributed by atoms with E-state index in [2.05, 4.69) is 5.32 Å². The molecule has 106 valence electrons. The van der Waals surface area contributed by atoms with Gasteiger partial charge in [-0.25, -0.2) is 13.2 Å². The van der Waals surface area contributed by atoms with E-state index >= 15 is 0 Å². The van der Waals surface area contributed by atoms with E-state index in [0.29, 0.717) is 0 Å². The van der Waals surface area contributed by atoms with Crippen molar-refractivity contribution in [3.63, 3.8) is 0 Å². The Morgan fingerprint density at radius 3 is 2.50 bits per heavy atom. The lowest BCUT2D eigenvalue weighted by Crippen LogP contribution is -2.38. The van der Waals surface area contributed by atoms with Crippen molar-refractivity contribution in [1.82, 2.24) is 5.32 Å². The average molecular weight is 279 g/mol. The highest BCUT2D eigenvalue weighted by Crippen LogP contribution is 2.26. The molecule has 1 saturated heterocycles. The third kappa shape index (κ3) is 5.22. The number of amides is 1. The lowest BCUT2D eigenvalue weighted by Gasteiger charge is -2.22. The van der Waals surface area contributed by atoms with Crippen molar-refractivity contribution in [2.75, 3.05) is 18.1 Å². The maximum Gasteiger partial charge on any atom is 0.407 e. The molecule has 0 aliphatic carbocycles. The fourth-order valence-corrected chi connectivity index (χ4v) is 3.75. The van der Waals surface area contributed by atoms with Crippen molar-refractivity contribution in [1.29, 1.82) is 0 Å². The molecular weight excluding hydrogens is 258 g/mol. The molecule has 1 fully saturated rings. The van der Waals surface area contributed by atoms with Gasteiger partial charge in [0.15, 0.2) is 9.84 Å². The number of rotatable bonds is 3. The molecule has 0 aromatic heterocycles. The molecule has 1 aliphatic rings. The molecule has 0 aromatic rings. The van der Waals surface area contributed by atoms with Crippen molar-refractivity contribution < 1.29 is 23.1 Å². The molecule has 0 bridgehead atoms. The van der Waals surface area contributed by atoms with Crippen LogP contribution in [0.15, 0.2) is 0 Å². The first-order valence-corrected chi connectivity index (χ1v) is 7.73. The van der Waals surface area contributed by atoms with E-state index in [1.807, 2.05) is 0 Å². The quantitative estimate of drug-likeness (QED) is 0.782. The first-order chi connectivity index (χ1) is 8.02. The van der Waals surface area contributed by atoms with Crippen LogP contribution in [0.5, 0.6) is 0 Å². The molecule has 1 aliphatic heterocycles. The Morgan fingerprint density at radius 2 is 2.06 bits per heavy atom. The normalized spacial score (nSPS) is 26.9. The summed E-state index contributed by atoms with van der Waals surface area (Å²) in [6.07, 6.45) is -0.122. The van der Waals surface area contributed by atoms with E-state index in [9.17, 15) is 18.3 Å². The van der Waals surface area contributed by atoms with E-state index in [0.717, 1.165) is 0 Å². The molecule has 0 spiro atoms. The summed E-state index contributed by atoms with van der Waals surface area (Å²) in [5.41, 5.74) is -1.79. The zero-order valence-corrected chi connectivity index (χ0v) is 11.8. The Hall–Kier alpha value is -0.820. The second-order valence-electron chi connectivity index (χ2n) is 5.75.